The second-order valence-electron chi connectivity index (χ2n) is 17.2. The number of benzene rings is 2. The monoisotopic (exact) mass is 849 g/mol. The van der Waals surface area contributed by atoms with Gasteiger partial charge in [0.25, 0.3) is 0 Å². The molecule has 8 rings (SSSR count). The number of dihydropyridines is 2. The number of carbonyl (C=O) groups excluding carboxylic acids is 1. The predicted molar refractivity (Wildman–Crippen MR) is 235 cm³/mol. The van der Waals surface area contributed by atoms with E-state index in [0.29, 0.717) is 67.7 Å². The molecule has 1 unspecified atom stereocenters. The summed E-state index contributed by atoms with van der Waals surface area (Å²) in [5, 5.41) is 58.7. The summed E-state index contributed by atoms with van der Waals surface area (Å²) < 4.78 is 20.6. The lowest BCUT2D eigenvalue weighted by Gasteiger charge is -2.50. The molecule has 1 aromatic heterocycles. The Morgan fingerprint density at radius 3 is 2.73 bits per heavy atom. The maximum Gasteiger partial charge on any atom is 0.334 e. The summed E-state index contributed by atoms with van der Waals surface area (Å²) in [6, 6.07) is 6.40. The molecule has 4 bridgehead atoms. The number of aliphatic hydroxyl groups is 2. The number of phenolic OH excluding ortho intramolecular Hbond substituents is 2. The number of carbonyl (C=O) groups is 1. The van der Waals surface area contributed by atoms with Crippen LogP contribution in [-0.4, -0.2) is 77.6 Å². The molecule has 5 heterocycles. The third-order valence-electron chi connectivity index (χ3n) is 13.7. The highest BCUT2D eigenvalue weighted by Crippen LogP contribution is 2.59. The largest absolute Gasteiger partial charge is 0.508 e. The highest BCUT2D eigenvalue weighted by Gasteiger charge is 2.54. The molecular weight excluding hydrogens is 791 g/mol. The Kier molecular flexibility index (Phi) is 12.3. The smallest absolute Gasteiger partial charge is 0.334 e. The van der Waals surface area contributed by atoms with E-state index in [2.05, 4.69) is 39.5 Å². The van der Waals surface area contributed by atoms with E-state index in [0.717, 1.165) is 34.9 Å². The average molecular weight is 850 g/mol. The molecule has 3 aromatic rings. The molecule has 330 valence electrons. The number of ether oxygens (including phenoxy) is 2. The van der Waals surface area contributed by atoms with Crippen molar-refractivity contribution < 1.29 is 39.1 Å². The van der Waals surface area contributed by atoms with Gasteiger partial charge in [0.2, 0.25) is 0 Å². The predicted octanol–water partition coefficient (Wildman–Crippen LogP) is 4.37. The van der Waals surface area contributed by atoms with Gasteiger partial charge < -0.3 is 56.0 Å². The molecule has 2 aromatic carbocycles. The first-order valence-electron chi connectivity index (χ1n) is 21.8. The number of esters is 1. The summed E-state index contributed by atoms with van der Waals surface area (Å²) in [6.07, 6.45) is 11.7. The van der Waals surface area contributed by atoms with Gasteiger partial charge in [0, 0.05) is 59.7 Å². The summed E-state index contributed by atoms with van der Waals surface area (Å²) >= 11 is 0. The van der Waals surface area contributed by atoms with Crippen LogP contribution in [0.2, 0.25) is 0 Å². The third-order valence-corrected chi connectivity index (χ3v) is 13.7. The fourth-order valence-electron chi connectivity index (χ4n) is 10.5. The minimum atomic E-state index is -1.27. The second kappa shape index (κ2) is 17.7. The summed E-state index contributed by atoms with van der Waals surface area (Å²) in [4.78, 5) is 28.5. The molecule has 14 nitrogen and oxygen atoms in total. The summed E-state index contributed by atoms with van der Waals surface area (Å²) in [6.45, 7) is 6.55. The Labute approximate surface area is 361 Å². The topological polar surface area (TPSA) is 221 Å². The number of hydrogen-bond donors (Lipinski definition) is 9. The van der Waals surface area contributed by atoms with Crippen LogP contribution in [0.4, 0.5) is 0 Å². The molecule has 0 saturated carbocycles. The SMILES string of the molecule is C/C=C(/CCNC)C(=O)O[C@@H]1Cc2c3c(c4oc(CO)cc(=O)c4c2O)[C@@H]2C4=CCNC(N)=C4[C@@H](CCc4ccc(O)cc4[C@H]2CO)C[C@@H](CC2=CNC(NCC)C=C2)[C@]1(C)O3. The van der Waals surface area contributed by atoms with Crippen LogP contribution in [0.3, 0.4) is 0 Å². The number of allylic oxidation sites excluding steroid dienone is 5. The van der Waals surface area contributed by atoms with Crippen LogP contribution in [0.15, 0.2) is 92.1 Å². The van der Waals surface area contributed by atoms with Crippen LogP contribution < -0.4 is 37.2 Å². The van der Waals surface area contributed by atoms with Crippen molar-refractivity contribution in [2.24, 2.45) is 17.6 Å². The Morgan fingerprint density at radius 2 is 2.02 bits per heavy atom. The van der Waals surface area contributed by atoms with Gasteiger partial charge in [-0.2, -0.15) is 0 Å². The lowest BCUT2D eigenvalue weighted by Crippen LogP contribution is -2.57. The van der Waals surface area contributed by atoms with Crippen LogP contribution in [0.25, 0.3) is 11.0 Å². The summed E-state index contributed by atoms with van der Waals surface area (Å²) in [5.74, 6) is -2.24. The minimum Gasteiger partial charge on any atom is -0.508 e. The fraction of sp³-hybridized carbons (Fsp3) is 0.458. The zero-order valence-corrected chi connectivity index (χ0v) is 35.8. The van der Waals surface area contributed by atoms with E-state index in [1.54, 1.807) is 25.1 Å². The average Bonchev–Trinajstić information content (AvgIpc) is 3.31. The molecule has 0 saturated heterocycles. The van der Waals surface area contributed by atoms with Crippen molar-refractivity contribution in [2.75, 3.05) is 33.3 Å². The zero-order valence-electron chi connectivity index (χ0n) is 35.8. The molecule has 0 spiro atoms. The van der Waals surface area contributed by atoms with E-state index >= 15 is 0 Å². The molecule has 7 atom stereocenters. The zero-order chi connectivity index (χ0) is 43.9. The molecule has 62 heavy (non-hydrogen) atoms. The van der Waals surface area contributed by atoms with Gasteiger partial charge in [-0.1, -0.05) is 31.2 Å². The first-order valence-corrected chi connectivity index (χ1v) is 21.8. The minimum absolute atomic E-state index is 0.00544. The van der Waals surface area contributed by atoms with Gasteiger partial charge >= 0.3 is 5.97 Å². The van der Waals surface area contributed by atoms with Crippen LogP contribution in [-0.2, 0) is 29.0 Å². The molecule has 0 radical (unpaired) electrons. The number of likely N-dealkylation sites (N-methyl/N-ethyl adjacent to an activating group) is 1. The normalized spacial score (nSPS) is 26.7. The van der Waals surface area contributed by atoms with E-state index in [1.165, 1.54) is 0 Å². The van der Waals surface area contributed by atoms with Crippen molar-refractivity contribution in [1.29, 1.82) is 0 Å². The lowest BCUT2D eigenvalue weighted by atomic mass is 9.65. The molecule has 5 aliphatic rings. The van der Waals surface area contributed by atoms with Gasteiger partial charge in [-0.3, -0.25) is 10.1 Å². The Morgan fingerprint density at radius 1 is 1.19 bits per heavy atom. The van der Waals surface area contributed by atoms with Crippen molar-refractivity contribution >= 4 is 16.9 Å². The van der Waals surface area contributed by atoms with Crippen molar-refractivity contribution in [3.63, 3.8) is 0 Å². The Hall–Kier alpha value is -5.54. The van der Waals surface area contributed by atoms with Gasteiger partial charge in [0.1, 0.15) is 58.1 Å². The molecule has 1 aliphatic carbocycles. The van der Waals surface area contributed by atoms with Crippen molar-refractivity contribution in [3.8, 4) is 17.2 Å². The van der Waals surface area contributed by atoms with Gasteiger partial charge in [0.15, 0.2) is 5.43 Å². The summed E-state index contributed by atoms with van der Waals surface area (Å²) in [7, 11) is 1.82. The van der Waals surface area contributed by atoms with Crippen molar-refractivity contribution in [1.82, 2.24) is 21.3 Å². The van der Waals surface area contributed by atoms with Crippen LogP contribution in [0.5, 0.6) is 17.2 Å². The second-order valence-corrected chi connectivity index (χ2v) is 17.2. The maximum atomic E-state index is 14.3. The number of aliphatic hydroxyl groups excluding tert-OH is 2. The van der Waals surface area contributed by atoms with E-state index in [4.69, 9.17) is 19.6 Å². The molecule has 10 N–H and O–H groups in total. The number of nitrogens with one attached hydrogen (secondary N) is 4. The Bertz CT molecular complexity index is 2470. The van der Waals surface area contributed by atoms with Crippen LogP contribution >= 0.6 is 0 Å². The quantitative estimate of drug-likeness (QED) is 0.0967. The molecule has 4 aliphatic heterocycles. The number of fused-ring (bicyclic) bond motifs is 5. The highest BCUT2D eigenvalue weighted by atomic mass is 16.6. The fourth-order valence-corrected chi connectivity index (χ4v) is 10.5. The molecule has 14 heteroatoms. The highest BCUT2D eigenvalue weighted by molar-refractivity contribution is 5.92. The standard InChI is InChI=1S/C48H59N5O9/c1-5-26(13-15-50-4)47(59)61-37-21-34-43(58)41-36(57)20-31(23-54)60-45(41)42-40-32-14-16-52-46(49)39(32)28(9-8-27-10-11-30(56)19-33(27)35(40)24-55)18-29(48(37,3)62-44(34)42)17-25-7-12-38(51-6-2)53-22-25/h5,7,10-12,14,19-20,22,28-29,35,37-38,40,50-56,58H,6,8-9,13,15-18,21,23-24,49H2,1-4H3/b26-5-/t28-,29+,35+,37+,38?,40+,48-/m0/s1. The first kappa shape index (κ1) is 43.1. The van der Waals surface area contributed by atoms with E-state index in [1.807, 2.05) is 33.2 Å². The number of rotatable bonds is 11. The van der Waals surface area contributed by atoms with Crippen molar-refractivity contribution in [2.45, 2.75) is 95.6 Å². The van der Waals surface area contributed by atoms with Gasteiger partial charge in [-0.05, 0) is 118 Å². The van der Waals surface area contributed by atoms with E-state index < -0.39 is 41.5 Å². The van der Waals surface area contributed by atoms with Crippen LogP contribution in [0, 0.1) is 11.8 Å². The van der Waals surface area contributed by atoms with Crippen molar-refractivity contribution in [3.05, 3.63) is 121 Å². The number of nitrogens with two attached hydrogens (primary N) is 1. The van der Waals surface area contributed by atoms with E-state index in [-0.39, 0.29) is 70.6 Å². The molecule has 0 fully saturated rings. The van der Waals surface area contributed by atoms with Crippen LogP contribution in [0.1, 0.15) is 86.3 Å². The first-order chi connectivity index (χ1) is 29.9. The summed E-state index contributed by atoms with van der Waals surface area (Å²) in [5.41, 5.74) is 10.7. The number of hydrogen-bond acceptors (Lipinski definition) is 14. The molecular formula is C48H59N5O9. The number of aryl methyl sites for hydroxylation is 1. The number of phenols is 2. The van der Waals surface area contributed by atoms with Gasteiger partial charge in [0.05, 0.1) is 12.8 Å². The van der Waals surface area contributed by atoms with Gasteiger partial charge in [-0.25, -0.2) is 4.79 Å². The Balaban J connectivity index is 1.46. The third kappa shape index (κ3) is 7.67. The van der Waals surface area contributed by atoms with Gasteiger partial charge in [-0.15, -0.1) is 0 Å². The van der Waals surface area contributed by atoms with E-state index in [9.17, 15) is 30.0 Å². The lowest BCUT2D eigenvalue weighted by molar-refractivity contribution is -0.165. The molecule has 0 amide bonds. The number of aromatic hydroxyl groups is 2. The maximum absolute atomic E-state index is 14.3.